The van der Waals surface area contributed by atoms with Crippen molar-refractivity contribution >= 4 is 11.6 Å². The van der Waals surface area contributed by atoms with Gasteiger partial charge in [-0.05, 0) is 31.9 Å². The molecule has 0 radical (unpaired) electrons. The molecule has 1 aromatic rings. The van der Waals surface area contributed by atoms with Crippen molar-refractivity contribution < 1.29 is 9.90 Å². The van der Waals surface area contributed by atoms with Gasteiger partial charge in [-0.3, -0.25) is 4.79 Å². The van der Waals surface area contributed by atoms with Gasteiger partial charge in [-0.1, -0.05) is 18.9 Å². The molecule has 5 heteroatoms. The average molecular weight is 287 g/mol. The van der Waals surface area contributed by atoms with Gasteiger partial charge in [-0.15, -0.1) is 0 Å². The molecular weight excluding hydrogens is 266 g/mol. The number of hydrogen-bond acceptors (Lipinski definition) is 4. The highest BCUT2D eigenvalue weighted by Gasteiger charge is 2.26. The lowest BCUT2D eigenvalue weighted by Crippen LogP contribution is -2.40. The third-order valence-electron chi connectivity index (χ3n) is 4.01. The normalized spacial score (nSPS) is 16.4. The molecule has 1 aliphatic rings. The number of aliphatic hydroxyl groups excluding tert-OH is 1. The summed E-state index contributed by atoms with van der Waals surface area (Å²) in [5.41, 5.74) is 7.37. The molecule has 1 amide bonds. The molecule has 5 nitrogen and oxygen atoms in total. The first-order valence-corrected chi connectivity index (χ1v) is 7.30. The molecule has 0 aromatic heterocycles. The standard InChI is InChI=1S/C16H21N3O2/c1-11(20)14-7-6-12(9-17)8-15(14)19(10-16(18)21)13-4-2-3-5-13/h6-8,11,13,20H,2-5,10H2,1H3,(H2,18,21). The van der Waals surface area contributed by atoms with Crippen LogP contribution < -0.4 is 10.6 Å². The van der Waals surface area contributed by atoms with Crippen molar-refractivity contribution in [3.05, 3.63) is 29.3 Å². The van der Waals surface area contributed by atoms with Crippen LogP contribution in [0.15, 0.2) is 18.2 Å². The zero-order chi connectivity index (χ0) is 15.4. The van der Waals surface area contributed by atoms with Crippen LogP contribution in [0, 0.1) is 11.3 Å². The fourth-order valence-electron chi connectivity index (χ4n) is 3.01. The largest absolute Gasteiger partial charge is 0.389 e. The maximum absolute atomic E-state index is 11.4. The van der Waals surface area contributed by atoms with Crippen LogP contribution in [0.5, 0.6) is 0 Å². The third-order valence-corrected chi connectivity index (χ3v) is 4.01. The van der Waals surface area contributed by atoms with Crippen molar-refractivity contribution in [1.29, 1.82) is 5.26 Å². The summed E-state index contributed by atoms with van der Waals surface area (Å²) in [6.07, 6.45) is 3.60. The zero-order valence-electron chi connectivity index (χ0n) is 12.2. The smallest absolute Gasteiger partial charge is 0.236 e. The molecule has 0 saturated heterocycles. The van der Waals surface area contributed by atoms with Gasteiger partial charge in [0.15, 0.2) is 0 Å². The van der Waals surface area contributed by atoms with Gasteiger partial charge in [-0.25, -0.2) is 0 Å². The van der Waals surface area contributed by atoms with Gasteiger partial charge >= 0.3 is 0 Å². The summed E-state index contributed by atoms with van der Waals surface area (Å²) in [4.78, 5) is 13.4. The Hall–Kier alpha value is -2.06. The van der Waals surface area contributed by atoms with E-state index in [0.29, 0.717) is 5.56 Å². The van der Waals surface area contributed by atoms with Gasteiger partial charge in [0.05, 0.1) is 24.3 Å². The molecule has 1 fully saturated rings. The Morgan fingerprint density at radius 3 is 2.71 bits per heavy atom. The Balaban J connectivity index is 2.46. The van der Waals surface area contributed by atoms with Crippen molar-refractivity contribution in [1.82, 2.24) is 0 Å². The van der Waals surface area contributed by atoms with E-state index in [2.05, 4.69) is 6.07 Å². The number of carbonyl (C=O) groups excluding carboxylic acids is 1. The molecule has 1 saturated carbocycles. The second-order valence-corrected chi connectivity index (χ2v) is 5.59. The Labute approximate surface area is 125 Å². The summed E-state index contributed by atoms with van der Waals surface area (Å²) in [5, 5.41) is 19.1. The molecule has 112 valence electrons. The molecule has 0 heterocycles. The number of primary amides is 1. The van der Waals surface area contributed by atoms with E-state index in [1.807, 2.05) is 4.90 Å². The maximum atomic E-state index is 11.4. The van der Waals surface area contributed by atoms with Crippen LogP contribution in [0.4, 0.5) is 5.69 Å². The van der Waals surface area contributed by atoms with Crippen LogP contribution in [0.25, 0.3) is 0 Å². The fourth-order valence-corrected chi connectivity index (χ4v) is 3.01. The highest BCUT2D eigenvalue weighted by molar-refractivity contribution is 5.80. The van der Waals surface area contributed by atoms with Crippen molar-refractivity contribution in [2.24, 2.45) is 5.73 Å². The van der Waals surface area contributed by atoms with Crippen molar-refractivity contribution in [2.75, 3.05) is 11.4 Å². The highest BCUT2D eigenvalue weighted by Crippen LogP contribution is 2.33. The van der Waals surface area contributed by atoms with E-state index in [4.69, 9.17) is 11.0 Å². The molecule has 3 N–H and O–H groups in total. The predicted molar refractivity (Wildman–Crippen MR) is 80.6 cm³/mol. The van der Waals surface area contributed by atoms with E-state index >= 15 is 0 Å². The first-order chi connectivity index (χ1) is 10.0. The molecule has 0 aliphatic heterocycles. The van der Waals surface area contributed by atoms with Gasteiger partial charge in [-0.2, -0.15) is 5.26 Å². The summed E-state index contributed by atoms with van der Waals surface area (Å²) in [6, 6.07) is 7.52. The Bertz CT molecular complexity index is 557. The number of carbonyl (C=O) groups is 1. The summed E-state index contributed by atoms with van der Waals surface area (Å²) in [7, 11) is 0. The molecule has 1 aliphatic carbocycles. The topological polar surface area (TPSA) is 90.3 Å². The monoisotopic (exact) mass is 287 g/mol. The number of hydrogen-bond donors (Lipinski definition) is 2. The second kappa shape index (κ2) is 6.59. The number of nitrogens with zero attached hydrogens (tertiary/aromatic N) is 2. The van der Waals surface area contributed by atoms with E-state index in [9.17, 15) is 9.90 Å². The summed E-state index contributed by atoms with van der Waals surface area (Å²) in [6.45, 7) is 1.79. The second-order valence-electron chi connectivity index (χ2n) is 5.59. The van der Waals surface area contributed by atoms with Crippen LogP contribution in [0.3, 0.4) is 0 Å². The molecule has 1 atom stereocenters. The first-order valence-electron chi connectivity index (χ1n) is 7.30. The highest BCUT2D eigenvalue weighted by atomic mass is 16.3. The van der Waals surface area contributed by atoms with Crippen molar-refractivity contribution in [3.63, 3.8) is 0 Å². The zero-order valence-corrected chi connectivity index (χ0v) is 12.2. The Kier molecular flexibility index (Phi) is 4.81. The summed E-state index contributed by atoms with van der Waals surface area (Å²) < 4.78 is 0. The maximum Gasteiger partial charge on any atom is 0.236 e. The molecule has 0 spiro atoms. The van der Waals surface area contributed by atoms with Crippen molar-refractivity contribution in [3.8, 4) is 6.07 Å². The molecule has 1 unspecified atom stereocenters. The number of nitriles is 1. The number of nitrogens with two attached hydrogens (primary N) is 1. The molecular formula is C16H21N3O2. The molecule has 2 rings (SSSR count). The average Bonchev–Trinajstić information content (AvgIpc) is 2.97. The van der Waals surface area contributed by atoms with Gasteiger partial charge in [0.1, 0.15) is 0 Å². The van der Waals surface area contributed by atoms with Gasteiger partial charge < -0.3 is 15.7 Å². The minimum absolute atomic E-state index is 0.110. The van der Waals surface area contributed by atoms with Gasteiger partial charge in [0, 0.05) is 17.3 Å². The Morgan fingerprint density at radius 1 is 1.52 bits per heavy atom. The van der Waals surface area contributed by atoms with E-state index in [0.717, 1.165) is 36.9 Å². The van der Waals surface area contributed by atoms with Crippen LogP contribution >= 0.6 is 0 Å². The quantitative estimate of drug-likeness (QED) is 0.864. The van der Waals surface area contributed by atoms with Crippen LogP contribution in [-0.4, -0.2) is 23.6 Å². The van der Waals surface area contributed by atoms with E-state index in [1.165, 1.54) is 0 Å². The number of benzene rings is 1. The number of aliphatic hydroxyl groups is 1. The predicted octanol–water partition coefficient (Wildman–Crippen LogP) is 1.85. The SMILES string of the molecule is CC(O)c1ccc(C#N)cc1N(CC(N)=O)C1CCCC1. The van der Waals surface area contributed by atoms with Crippen LogP contribution in [-0.2, 0) is 4.79 Å². The summed E-state index contributed by atoms with van der Waals surface area (Å²) in [5.74, 6) is -0.402. The minimum atomic E-state index is -0.662. The number of amides is 1. The van der Waals surface area contributed by atoms with Crippen molar-refractivity contribution in [2.45, 2.75) is 44.8 Å². The van der Waals surface area contributed by atoms with E-state index in [-0.39, 0.29) is 12.6 Å². The Morgan fingerprint density at radius 2 is 2.19 bits per heavy atom. The third kappa shape index (κ3) is 3.53. The summed E-state index contributed by atoms with van der Waals surface area (Å²) >= 11 is 0. The lowest BCUT2D eigenvalue weighted by Gasteiger charge is -2.32. The number of anilines is 1. The molecule has 0 bridgehead atoms. The molecule has 21 heavy (non-hydrogen) atoms. The lowest BCUT2D eigenvalue weighted by atomic mass is 10.0. The number of rotatable bonds is 5. The first kappa shape index (κ1) is 15.3. The van der Waals surface area contributed by atoms with Crippen LogP contribution in [0.1, 0.15) is 49.8 Å². The van der Waals surface area contributed by atoms with E-state index < -0.39 is 12.0 Å². The van der Waals surface area contributed by atoms with Crippen LogP contribution in [0.2, 0.25) is 0 Å². The fraction of sp³-hybridized carbons (Fsp3) is 0.500. The lowest BCUT2D eigenvalue weighted by molar-refractivity contribution is -0.116. The minimum Gasteiger partial charge on any atom is -0.389 e. The van der Waals surface area contributed by atoms with Gasteiger partial charge in [0.25, 0.3) is 0 Å². The van der Waals surface area contributed by atoms with Gasteiger partial charge in [0.2, 0.25) is 5.91 Å². The molecule has 1 aromatic carbocycles. The van der Waals surface area contributed by atoms with E-state index in [1.54, 1.807) is 25.1 Å².